The summed E-state index contributed by atoms with van der Waals surface area (Å²) in [6.07, 6.45) is 0.598. The van der Waals surface area contributed by atoms with Crippen molar-refractivity contribution in [1.29, 1.82) is 0 Å². The van der Waals surface area contributed by atoms with E-state index in [4.69, 9.17) is 32.4 Å². The first kappa shape index (κ1) is 21.6. The summed E-state index contributed by atoms with van der Waals surface area (Å²) >= 11 is 12.4. The van der Waals surface area contributed by atoms with Crippen LogP contribution in [0.25, 0.3) is 11.0 Å². The number of hydrogen-bond acceptors (Lipinski definition) is 4. The molecular formula is C26H19Cl2NO4. The molecule has 1 aromatic heterocycles. The highest BCUT2D eigenvalue weighted by Gasteiger charge is 2.42. The summed E-state index contributed by atoms with van der Waals surface area (Å²) in [7, 11) is 1.62. The van der Waals surface area contributed by atoms with Gasteiger partial charge in [0.2, 0.25) is 5.76 Å². The topological polar surface area (TPSA) is 59.8 Å². The average molecular weight is 480 g/mol. The Labute approximate surface area is 200 Å². The van der Waals surface area contributed by atoms with E-state index in [0.29, 0.717) is 39.5 Å². The van der Waals surface area contributed by atoms with E-state index in [-0.39, 0.29) is 17.1 Å². The van der Waals surface area contributed by atoms with Crippen molar-refractivity contribution in [2.24, 2.45) is 0 Å². The lowest BCUT2D eigenvalue weighted by Gasteiger charge is -2.25. The van der Waals surface area contributed by atoms with E-state index in [0.717, 1.165) is 16.9 Å². The van der Waals surface area contributed by atoms with Crippen molar-refractivity contribution in [2.45, 2.75) is 12.5 Å². The Morgan fingerprint density at radius 2 is 1.73 bits per heavy atom. The highest BCUT2D eigenvalue weighted by Crippen LogP contribution is 2.39. The van der Waals surface area contributed by atoms with Crippen LogP contribution in [0.5, 0.6) is 5.75 Å². The van der Waals surface area contributed by atoms with Gasteiger partial charge in [-0.25, -0.2) is 0 Å². The molecule has 0 radical (unpaired) electrons. The summed E-state index contributed by atoms with van der Waals surface area (Å²) in [5.74, 6) is 0.507. The van der Waals surface area contributed by atoms with Gasteiger partial charge in [-0.05, 0) is 60.0 Å². The number of fused-ring (bicyclic) bond motifs is 2. The number of halogens is 2. The molecule has 166 valence electrons. The van der Waals surface area contributed by atoms with Gasteiger partial charge in [0, 0.05) is 16.6 Å². The van der Waals surface area contributed by atoms with Gasteiger partial charge in [0.1, 0.15) is 11.3 Å². The molecule has 7 heteroatoms. The number of methoxy groups -OCH3 is 1. The summed E-state index contributed by atoms with van der Waals surface area (Å²) in [4.78, 5) is 28.7. The van der Waals surface area contributed by atoms with Crippen molar-refractivity contribution in [1.82, 2.24) is 4.90 Å². The molecule has 0 bridgehead atoms. The Kier molecular flexibility index (Phi) is 5.60. The number of amides is 1. The lowest BCUT2D eigenvalue weighted by atomic mass is 9.98. The molecule has 1 amide bonds. The maximum Gasteiger partial charge on any atom is 0.290 e. The van der Waals surface area contributed by atoms with Crippen molar-refractivity contribution in [2.75, 3.05) is 13.7 Å². The van der Waals surface area contributed by atoms with Crippen molar-refractivity contribution in [3.63, 3.8) is 0 Å². The molecule has 33 heavy (non-hydrogen) atoms. The third-order valence-corrected chi connectivity index (χ3v) is 6.36. The molecule has 0 N–H and O–H groups in total. The minimum atomic E-state index is -0.607. The van der Waals surface area contributed by atoms with Crippen LogP contribution in [-0.2, 0) is 6.42 Å². The predicted molar refractivity (Wildman–Crippen MR) is 129 cm³/mol. The zero-order valence-corrected chi connectivity index (χ0v) is 19.2. The first-order valence-corrected chi connectivity index (χ1v) is 11.2. The van der Waals surface area contributed by atoms with Crippen LogP contribution in [0.3, 0.4) is 0 Å². The minimum absolute atomic E-state index is 0.0644. The van der Waals surface area contributed by atoms with Crippen molar-refractivity contribution in [3.8, 4) is 5.75 Å². The Bertz CT molecular complexity index is 1430. The predicted octanol–water partition coefficient (Wildman–Crippen LogP) is 5.90. The van der Waals surface area contributed by atoms with E-state index in [2.05, 4.69) is 0 Å². The smallest absolute Gasteiger partial charge is 0.290 e. The molecule has 5 nitrogen and oxygen atoms in total. The number of nitrogens with zero attached hydrogens (tertiary/aromatic N) is 1. The maximum absolute atomic E-state index is 13.5. The maximum atomic E-state index is 13.5. The van der Waals surface area contributed by atoms with E-state index in [1.165, 1.54) is 0 Å². The molecule has 1 aliphatic rings. The van der Waals surface area contributed by atoms with E-state index >= 15 is 0 Å². The van der Waals surface area contributed by atoms with Crippen LogP contribution in [0.1, 0.15) is 33.3 Å². The standard InChI is InChI=1S/C26H19Cl2NO4/c1-32-19-8-5-15(6-9-19)11-12-29-23(16-3-2-4-17(27)13-16)22-24(30)20-14-18(28)7-10-21(20)33-25(22)26(29)31/h2-10,13-14,23H,11-12H2,1H3. The Balaban J connectivity index is 1.61. The van der Waals surface area contributed by atoms with Gasteiger partial charge in [-0.2, -0.15) is 0 Å². The number of ether oxygens (including phenoxy) is 1. The zero-order chi connectivity index (χ0) is 23.1. The molecule has 0 fully saturated rings. The lowest BCUT2D eigenvalue weighted by Crippen LogP contribution is -2.31. The first-order chi connectivity index (χ1) is 16.0. The fourth-order valence-electron chi connectivity index (χ4n) is 4.29. The number of hydrogen-bond donors (Lipinski definition) is 0. The molecule has 3 aromatic carbocycles. The van der Waals surface area contributed by atoms with E-state index in [1.807, 2.05) is 30.3 Å². The Hall–Kier alpha value is -3.28. The highest BCUT2D eigenvalue weighted by molar-refractivity contribution is 6.31. The first-order valence-electron chi connectivity index (χ1n) is 10.4. The summed E-state index contributed by atoms with van der Waals surface area (Å²) < 4.78 is 11.2. The van der Waals surface area contributed by atoms with Crippen LogP contribution in [0.2, 0.25) is 10.0 Å². The normalized spacial score (nSPS) is 15.2. The quantitative estimate of drug-likeness (QED) is 0.357. The summed E-state index contributed by atoms with van der Waals surface area (Å²) in [5, 5.41) is 1.30. The number of benzene rings is 3. The van der Waals surface area contributed by atoms with Gasteiger partial charge in [0.25, 0.3) is 5.91 Å². The van der Waals surface area contributed by atoms with E-state index in [1.54, 1.807) is 48.4 Å². The third-order valence-electron chi connectivity index (χ3n) is 5.89. The van der Waals surface area contributed by atoms with Crippen LogP contribution in [0, 0.1) is 0 Å². The Morgan fingerprint density at radius 1 is 0.970 bits per heavy atom. The molecule has 1 aliphatic heterocycles. The van der Waals surface area contributed by atoms with Crippen molar-refractivity contribution in [3.05, 3.63) is 109 Å². The SMILES string of the molecule is COc1ccc(CCN2C(=O)c3oc4ccc(Cl)cc4c(=O)c3C2c2cccc(Cl)c2)cc1. The molecular weight excluding hydrogens is 461 g/mol. The second-order valence-corrected chi connectivity index (χ2v) is 8.74. The van der Waals surface area contributed by atoms with Crippen LogP contribution >= 0.6 is 23.2 Å². The lowest BCUT2D eigenvalue weighted by molar-refractivity contribution is 0.0730. The summed E-state index contributed by atoms with van der Waals surface area (Å²) in [5.41, 5.74) is 2.17. The second kappa shape index (κ2) is 8.58. The monoisotopic (exact) mass is 479 g/mol. The van der Waals surface area contributed by atoms with Crippen LogP contribution in [0.15, 0.2) is 75.9 Å². The van der Waals surface area contributed by atoms with Crippen LogP contribution in [-0.4, -0.2) is 24.5 Å². The van der Waals surface area contributed by atoms with Gasteiger partial charge in [0.05, 0.1) is 24.1 Å². The average Bonchev–Trinajstić information content (AvgIpc) is 3.10. The molecule has 0 aliphatic carbocycles. The molecule has 0 saturated carbocycles. The largest absolute Gasteiger partial charge is 0.497 e. The number of carbonyl (C=O) groups excluding carboxylic acids is 1. The summed E-state index contributed by atoms with van der Waals surface area (Å²) in [6.45, 7) is 0.392. The molecule has 5 rings (SSSR count). The molecule has 1 atom stereocenters. The molecule has 4 aromatic rings. The molecule has 0 spiro atoms. The fraction of sp³-hybridized carbons (Fsp3) is 0.154. The zero-order valence-electron chi connectivity index (χ0n) is 17.7. The van der Waals surface area contributed by atoms with Crippen molar-refractivity contribution < 1.29 is 13.9 Å². The van der Waals surface area contributed by atoms with Gasteiger partial charge < -0.3 is 14.1 Å². The number of rotatable bonds is 5. The van der Waals surface area contributed by atoms with Gasteiger partial charge in [0.15, 0.2) is 5.43 Å². The molecule has 0 saturated heterocycles. The van der Waals surface area contributed by atoms with Gasteiger partial charge in [-0.15, -0.1) is 0 Å². The van der Waals surface area contributed by atoms with Crippen LogP contribution in [0.4, 0.5) is 0 Å². The number of carbonyl (C=O) groups is 1. The van der Waals surface area contributed by atoms with Gasteiger partial charge >= 0.3 is 0 Å². The highest BCUT2D eigenvalue weighted by atomic mass is 35.5. The van der Waals surface area contributed by atoms with Gasteiger partial charge in [-0.3, -0.25) is 9.59 Å². The molecule has 2 heterocycles. The molecule has 1 unspecified atom stereocenters. The fourth-order valence-corrected chi connectivity index (χ4v) is 4.66. The minimum Gasteiger partial charge on any atom is -0.497 e. The van der Waals surface area contributed by atoms with Gasteiger partial charge in [-0.1, -0.05) is 47.5 Å². The van der Waals surface area contributed by atoms with Crippen molar-refractivity contribution >= 4 is 40.1 Å². The Morgan fingerprint density at radius 3 is 2.45 bits per heavy atom. The van der Waals surface area contributed by atoms with Crippen LogP contribution < -0.4 is 10.2 Å². The van der Waals surface area contributed by atoms with E-state index < -0.39 is 6.04 Å². The second-order valence-electron chi connectivity index (χ2n) is 7.87. The summed E-state index contributed by atoms with van der Waals surface area (Å²) in [6, 6.07) is 19.1. The third kappa shape index (κ3) is 3.88. The van der Waals surface area contributed by atoms with E-state index in [9.17, 15) is 9.59 Å².